The van der Waals surface area contributed by atoms with Crippen molar-refractivity contribution < 1.29 is 19.4 Å². The summed E-state index contributed by atoms with van der Waals surface area (Å²) in [5.41, 5.74) is 0. The zero-order valence-electron chi connectivity index (χ0n) is 33.2. The van der Waals surface area contributed by atoms with Crippen LogP contribution in [0.5, 0.6) is 0 Å². The molecule has 0 rings (SSSR count). The summed E-state index contributed by atoms with van der Waals surface area (Å²) in [6.07, 6.45) is 52.4. The number of unbranched alkanes of at least 4 members (excludes halogenated alkanes) is 29. The van der Waals surface area contributed by atoms with Crippen LogP contribution in [0, 0.1) is 0 Å². The molecule has 0 saturated carbocycles. The lowest BCUT2D eigenvalue weighted by atomic mass is 10.0. The smallest absolute Gasteiger partial charge is 0.306 e. The van der Waals surface area contributed by atoms with E-state index in [1.54, 1.807) is 0 Å². The Morgan fingerprint density at radius 3 is 1.31 bits per heavy atom. The highest BCUT2D eigenvalue weighted by atomic mass is 16.6. The van der Waals surface area contributed by atoms with Gasteiger partial charge in [-0.15, -0.1) is 0 Å². The van der Waals surface area contributed by atoms with E-state index in [0.29, 0.717) is 19.6 Å². The molecule has 0 heterocycles. The van der Waals surface area contributed by atoms with Crippen LogP contribution >= 0.6 is 0 Å². The lowest BCUT2D eigenvalue weighted by Crippen LogP contribution is -2.27. The minimum atomic E-state index is -0.531. The molecule has 290 valence electrons. The van der Waals surface area contributed by atoms with Gasteiger partial charge in [-0.2, -0.15) is 0 Å². The molecule has 0 spiro atoms. The Hall–Kier alpha value is -1.13. The summed E-state index contributed by atoms with van der Waals surface area (Å²) >= 11 is 0. The van der Waals surface area contributed by atoms with Crippen molar-refractivity contribution in [2.45, 2.75) is 238 Å². The maximum absolute atomic E-state index is 12.2. The van der Waals surface area contributed by atoms with Gasteiger partial charge >= 0.3 is 5.97 Å². The van der Waals surface area contributed by atoms with E-state index >= 15 is 0 Å². The molecule has 0 amide bonds. The number of ether oxygens (including phenoxy) is 2. The first kappa shape index (κ1) is 47.9. The molecular formula is C45H86O4. The summed E-state index contributed by atoms with van der Waals surface area (Å²) in [5, 5.41) is 9.60. The van der Waals surface area contributed by atoms with Crippen molar-refractivity contribution in [1.29, 1.82) is 0 Å². The third-order valence-corrected chi connectivity index (χ3v) is 9.78. The van der Waals surface area contributed by atoms with Crippen LogP contribution in [-0.4, -0.2) is 37.0 Å². The predicted octanol–water partition coefficient (Wildman–Crippen LogP) is 14.3. The number of rotatable bonds is 41. The van der Waals surface area contributed by atoms with Gasteiger partial charge in [-0.05, 0) is 44.9 Å². The molecule has 0 aliphatic rings. The first-order valence-electron chi connectivity index (χ1n) is 21.9. The summed E-state index contributed by atoms with van der Waals surface area (Å²) in [6.45, 7) is 5.35. The molecular weight excluding hydrogens is 604 g/mol. The van der Waals surface area contributed by atoms with Gasteiger partial charge in [-0.3, -0.25) is 4.79 Å². The molecule has 0 bridgehead atoms. The fraction of sp³-hybridized carbons (Fsp3) is 0.889. The molecule has 0 aromatic rings. The Bertz CT molecular complexity index is 688. The molecule has 4 nitrogen and oxygen atoms in total. The first-order valence-corrected chi connectivity index (χ1v) is 21.9. The van der Waals surface area contributed by atoms with Gasteiger partial charge in [0.2, 0.25) is 0 Å². The monoisotopic (exact) mass is 691 g/mol. The van der Waals surface area contributed by atoms with Crippen LogP contribution in [0.3, 0.4) is 0 Å². The number of carbonyl (C=O) groups excluding carboxylic acids is 1. The molecule has 0 aromatic heterocycles. The minimum Gasteiger partial charge on any atom is -0.457 e. The Kier molecular flexibility index (Phi) is 42.0. The Morgan fingerprint density at radius 2 is 0.857 bits per heavy atom. The number of esters is 1. The second kappa shape index (κ2) is 43.0. The summed E-state index contributed by atoms with van der Waals surface area (Å²) < 4.78 is 11.2. The molecule has 0 radical (unpaired) electrons. The van der Waals surface area contributed by atoms with Crippen LogP contribution in [0.25, 0.3) is 0 Å². The van der Waals surface area contributed by atoms with E-state index in [1.807, 2.05) is 0 Å². The van der Waals surface area contributed by atoms with Crippen molar-refractivity contribution in [2.24, 2.45) is 0 Å². The highest BCUT2D eigenvalue weighted by Gasteiger charge is 2.13. The molecule has 0 fully saturated rings. The lowest BCUT2D eigenvalue weighted by molar-refractivity contribution is -0.154. The zero-order valence-corrected chi connectivity index (χ0v) is 33.2. The quantitative estimate of drug-likeness (QED) is 0.0394. The molecule has 4 heteroatoms. The second-order valence-corrected chi connectivity index (χ2v) is 14.8. The molecule has 0 aliphatic heterocycles. The molecule has 1 N–H and O–H groups in total. The van der Waals surface area contributed by atoms with Crippen LogP contribution in [0.1, 0.15) is 232 Å². The van der Waals surface area contributed by atoms with Crippen molar-refractivity contribution in [3.05, 3.63) is 24.3 Å². The number of allylic oxidation sites excluding steroid dienone is 4. The maximum atomic E-state index is 12.2. The van der Waals surface area contributed by atoms with Crippen molar-refractivity contribution in [1.82, 2.24) is 0 Å². The Balaban J connectivity index is 3.39. The Morgan fingerprint density at radius 1 is 0.490 bits per heavy atom. The lowest BCUT2D eigenvalue weighted by Gasteiger charge is -2.16. The van der Waals surface area contributed by atoms with Gasteiger partial charge in [0.1, 0.15) is 6.10 Å². The van der Waals surface area contributed by atoms with Crippen LogP contribution in [-0.2, 0) is 14.3 Å². The molecule has 0 aliphatic carbocycles. The van der Waals surface area contributed by atoms with Gasteiger partial charge in [0.15, 0.2) is 0 Å². The van der Waals surface area contributed by atoms with Crippen molar-refractivity contribution in [3.8, 4) is 0 Å². The fourth-order valence-corrected chi connectivity index (χ4v) is 6.48. The zero-order chi connectivity index (χ0) is 35.6. The average Bonchev–Trinajstić information content (AvgIpc) is 3.11. The van der Waals surface area contributed by atoms with E-state index in [9.17, 15) is 9.90 Å². The van der Waals surface area contributed by atoms with E-state index in [4.69, 9.17) is 9.47 Å². The van der Waals surface area contributed by atoms with Crippen molar-refractivity contribution in [3.63, 3.8) is 0 Å². The van der Waals surface area contributed by atoms with Gasteiger partial charge in [-0.1, -0.05) is 205 Å². The van der Waals surface area contributed by atoms with E-state index in [-0.39, 0.29) is 12.6 Å². The van der Waals surface area contributed by atoms with E-state index < -0.39 is 6.10 Å². The van der Waals surface area contributed by atoms with E-state index in [1.165, 1.54) is 186 Å². The van der Waals surface area contributed by atoms with Crippen molar-refractivity contribution in [2.75, 3.05) is 19.8 Å². The first-order chi connectivity index (χ1) is 24.2. The van der Waals surface area contributed by atoms with Crippen LogP contribution < -0.4 is 0 Å². The van der Waals surface area contributed by atoms with Gasteiger partial charge in [0, 0.05) is 13.0 Å². The number of carbonyl (C=O) groups is 1. The number of hydrogen-bond donors (Lipinski definition) is 1. The number of aliphatic hydroxyl groups is 1. The van der Waals surface area contributed by atoms with Crippen LogP contribution in [0.4, 0.5) is 0 Å². The largest absolute Gasteiger partial charge is 0.457 e. The van der Waals surface area contributed by atoms with Gasteiger partial charge in [0.25, 0.3) is 0 Å². The molecule has 1 atom stereocenters. The summed E-state index contributed by atoms with van der Waals surface area (Å²) in [7, 11) is 0. The Labute approximate surface area is 307 Å². The summed E-state index contributed by atoms with van der Waals surface area (Å²) in [4.78, 5) is 12.2. The normalized spacial score (nSPS) is 12.5. The van der Waals surface area contributed by atoms with Gasteiger partial charge in [0.05, 0.1) is 13.2 Å². The average molecular weight is 691 g/mol. The maximum Gasteiger partial charge on any atom is 0.306 e. The topological polar surface area (TPSA) is 55.8 Å². The SMILES string of the molecule is CCCCC/C=C\C/C=C\CCCCCCCCCCCCOCC(CO)OC(=O)CCCCCCCCCCCCCCCCCCC. The fourth-order valence-electron chi connectivity index (χ4n) is 6.48. The van der Waals surface area contributed by atoms with E-state index in [2.05, 4.69) is 38.2 Å². The molecule has 1 unspecified atom stereocenters. The van der Waals surface area contributed by atoms with E-state index in [0.717, 1.165) is 25.7 Å². The summed E-state index contributed by atoms with van der Waals surface area (Å²) in [5.74, 6) is -0.197. The van der Waals surface area contributed by atoms with Gasteiger partial charge < -0.3 is 14.6 Å². The molecule has 49 heavy (non-hydrogen) atoms. The van der Waals surface area contributed by atoms with Gasteiger partial charge in [-0.25, -0.2) is 0 Å². The number of hydrogen-bond acceptors (Lipinski definition) is 4. The highest BCUT2D eigenvalue weighted by Crippen LogP contribution is 2.15. The standard InChI is InChI=1S/C45H86O4/c1-3-5-7-9-11-13-15-17-19-21-22-23-25-27-29-31-33-35-37-39-41-48-43-44(42-46)49-45(47)40-38-36-34-32-30-28-26-24-20-18-16-14-12-10-8-6-4-2/h11,13,17,19,44,46H,3-10,12,14-16,18,20-43H2,1-2H3/b13-11-,19-17-. The molecule has 0 saturated heterocycles. The third kappa shape index (κ3) is 41.2. The van der Waals surface area contributed by atoms with Crippen LogP contribution in [0.15, 0.2) is 24.3 Å². The predicted molar refractivity (Wildman–Crippen MR) is 214 cm³/mol. The number of aliphatic hydroxyl groups excluding tert-OH is 1. The summed E-state index contributed by atoms with van der Waals surface area (Å²) in [6, 6.07) is 0. The van der Waals surface area contributed by atoms with Crippen molar-refractivity contribution >= 4 is 5.97 Å². The molecule has 0 aromatic carbocycles. The van der Waals surface area contributed by atoms with Crippen LogP contribution in [0.2, 0.25) is 0 Å². The minimum absolute atomic E-state index is 0.168. The second-order valence-electron chi connectivity index (χ2n) is 14.8. The highest BCUT2D eigenvalue weighted by molar-refractivity contribution is 5.69. The third-order valence-electron chi connectivity index (χ3n) is 9.78.